The van der Waals surface area contributed by atoms with Crippen LogP contribution >= 0.6 is 0 Å². The van der Waals surface area contributed by atoms with Crippen LogP contribution in [-0.2, 0) is 9.59 Å². The highest BCUT2D eigenvalue weighted by atomic mass is 16.4. The van der Waals surface area contributed by atoms with E-state index in [1.807, 2.05) is 32.9 Å². The number of carbonyl (C=O) groups excluding carboxylic acids is 2. The summed E-state index contributed by atoms with van der Waals surface area (Å²) in [6, 6.07) is 12.9. The molecule has 2 aromatic carbocycles. The largest absolute Gasteiger partial charge is 0.508 e. The van der Waals surface area contributed by atoms with Crippen LogP contribution in [0.4, 0.5) is 5.69 Å². The minimum Gasteiger partial charge on any atom is -0.508 e. The standard InChI is InChI=1S/C30H36BNO7/c1-17(2)23-15-24-28(30(37)32(29(24)36)21-8-5-7-20(14-21)31(38)39)25(16-33)27(23)26(35)11-10-18(3)12-19-6-4-9-22(34)13-19/h4-9,12-14,17,24-26,28,33-35,38-39H,10-11,15-16H2,1-3H3/b18-12+/t24-,25+,26-,28-/m1/s1. The number of aliphatic hydroxyl groups excluding tert-OH is 2. The number of benzene rings is 2. The van der Waals surface area contributed by atoms with E-state index in [1.165, 1.54) is 12.1 Å². The molecule has 206 valence electrons. The molecule has 2 aromatic rings. The van der Waals surface area contributed by atoms with Crippen LogP contribution in [-0.4, -0.2) is 57.0 Å². The number of nitrogens with zero attached hydrogens (tertiary/aromatic N) is 1. The zero-order valence-electron chi connectivity index (χ0n) is 22.5. The van der Waals surface area contributed by atoms with Crippen molar-refractivity contribution in [2.45, 2.75) is 46.1 Å². The molecule has 0 saturated carbocycles. The SMILES string of the molecule is C/C(=C\c1cccc(O)c1)CC[C@@H](O)C1=C(C(C)C)C[C@H]2C(=O)N(c3cccc(B(O)O)c3)C(=O)[C@H]2[C@H]1CO. The summed E-state index contributed by atoms with van der Waals surface area (Å²) in [6.45, 7) is 5.53. The van der Waals surface area contributed by atoms with E-state index in [2.05, 4.69) is 0 Å². The van der Waals surface area contributed by atoms with Gasteiger partial charge in [0.1, 0.15) is 5.75 Å². The van der Waals surface area contributed by atoms with Crippen molar-refractivity contribution < 1.29 is 35.0 Å². The Morgan fingerprint density at radius 1 is 1.10 bits per heavy atom. The highest BCUT2D eigenvalue weighted by Gasteiger charge is 2.55. The average Bonchev–Trinajstić information content (AvgIpc) is 3.15. The lowest BCUT2D eigenvalue weighted by molar-refractivity contribution is -0.123. The predicted molar refractivity (Wildman–Crippen MR) is 150 cm³/mol. The molecule has 1 fully saturated rings. The molecule has 2 amide bonds. The molecule has 0 spiro atoms. The number of phenols is 1. The molecular formula is C30H36BNO7. The van der Waals surface area contributed by atoms with Gasteiger partial charge in [-0.15, -0.1) is 0 Å². The fourth-order valence-corrected chi connectivity index (χ4v) is 6.01. The minimum atomic E-state index is -1.74. The number of fused-ring (bicyclic) bond motifs is 1. The van der Waals surface area contributed by atoms with Crippen LogP contribution in [0.1, 0.15) is 45.6 Å². The number of amides is 2. The maximum absolute atomic E-state index is 13.7. The van der Waals surface area contributed by atoms with Crippen molar-refractivity contribution in [2.24, 2.45) is 23.7 Å². The normalized spacial score (nSPS) is 22.5. The molecule has 0 unspecified atom stereocenters. The van der Waals surface area contributed by atoms with Gasteiger partial charge in [-0.2, -0.15) is 0 Å². The van der Waals surface area contributed by atoms with Crippen molar-refractivity contribution in [3.8, 4) is 5.75 Å². The van der Waals surface area contributed by atoms with Crippen LogP contribution in [0.3, 0.4) is 0 Å². The molecule has 0 aromatic heterocycles. The van der Waals surface area contributed by atoms with Crippen LogP contribution in [0.15, 0.2) is 65.3 Å². The topological polar surface area (TPSA) is 139 Å². The van der Waals surface area contributed by atoms with Crippen molar-refractivity contribution in [3.05, 3.63) is 70.8 Å². The number of phenolic OH excluding ortho intramolecular Hbond substituents is 1. The number of hydrogen-bond acceptors (Lipinski definition) is 7. The van der Waals surface area contributed by atoms with E-state index in [0.29, 0.717) is 24.8 Å². The van der Waals surface area contributed by atoms with Crippen molar-refractivity contribution in [1.29, 1.82) is 0 Å². The zero-order valence-corrected chi connectivity index (χ0v) is 22.5. The molecular weight excluding hydrogens is 497 g/mol. The summed E-state index contributed by atoms with van der Waals surface area (Å²) >= 11 is 0. The molecule has 1 heterocycles. The van der Waals surface area contributed by atoms with Gasteiger partial charge in [0.15, 0.2) is 0 Å². The highest BCUT2D eigenvalue weighted by Crippen LogP contribution is 2.48. The Bertz CT molecular complexity index is 1300. The minimum absolute atomic E-state index is 0.00148. The maximum Gasteiger partial charge on any atom is 0.488 e. The first kappa shape index (κ1) is 28.8. The van der Waals surface area contributed by atoms with Crippen LogP contribution in [0.2, 0.25) is 0 Å². The Hall–Kier alpha value is -3.24. The second-order valence-electron chi connectivity index (χ2n) is 10.9. The Balaban J connectivity index is 1.61. The third-order valence-corrected chi connectivity index (χ3v) is 7.89. The third kappa shape index (κ3) is 5.87. The van der Waals surface area contributed by atoms with Gasteiger partial charge in [-0.1, -0.05) is 55.3 Å². The highest BCUT2D eigenvalue weighted by molar-refractivity contribution is 6.58. The summed E-state index contributed by atoms with van der Waals surface area (Å²) < 4.78 is 0. The van der Waals surface area contributed by atoms with Gasteiger partial charge in [0.2, 0.25) is 11.8 Å². The van der Waals surface area contributed by atoms with Crippen LogP contribution < -0.4 is 10.4 Å². The number of hydrogen-bond donors (Lipinski definition) is 5. The van der Waals surface area contributed by atoms with Crippen LogP contribution in [0.5, 0.6) is 5.75 Å². The summed E-state index contributed by atoms with van der Waals surface area (Å²) in [4.78, 5) is 28.3. The second kappa shape index (κ2) is 11.9. The lowest BCUT2D eigenvalue weighted by Crippen LogP contribution is -2.40. The number of rotatable bonds is 9. The number of carbonyl (C=O) groups is 2. The van der Waals surface area contributed by atoms with Gasteiger partial charge in [-0.05, 0) is 73.0 Å². The summed E-state index contributed by atoms with van der Waals surface area (Å²) in [6.07, 6.45) is 2.29. The Morgan fingerprint density at radius 3 is 2.46 bits per heavy atom. The summed E-state index contributed by atoms with van der Waals surface area (Å²) in [5.41, 5.74) is 3.80. The molecule has 4 rings (SSSR count). The lowest BCUT2D eigenvalue weighted by Gasteiger charge is -2.38. The van der Waals surface area contributed by atoms with Gasteiger partial charge < -0.3 is 25.4 Å². The number of aromatic hydroxyl groups is 1. The Morgan fingerprint density at radius 2 is 1.82 bits per heavy atom. The lowest BCUT2D eigenvalue weighted by atomic mass is 9.66. The van der Waals surface area contributed by atoms with Crippen molar-refractivity contribution in [2.75, 3.05) is 11.5 Å². The number of allylic oxidation sites excluding steroid dienone is 2. The van der Waals surface area contributed by atoms with Gasteiger partial charge in [0.05, 0.1) is 30.2 Å². The van der Waals surface area contributed by atoms with Gasteiger partial charge in [0.25, 0.3) is 0 Å². The van der Waals surface area contributed by atoms with Gasteiger partial charge in [-0.25, -0.2) is 0 Å². The smallest absolute Gasteiger partial charge is 0.488 e. The van der Waals surface area contributed by atoms with Gasteiger partial charge >= 0.3 is 7.12 Å². The van der Waals surface area contributed by atoms with Gasteiger partial charge in [0, 0.05) is 5.92 Å². The number of anilines is 1. The molecule has 39 heavy (non-hydrogen) atoms. The molecule has 4 atom stereocenters. The van der Waals surface area contributed by atoms with E-state index in [1.54, 1.807) is 30.3 Å². The predicted octanol–water partition coefficient (Wildman–Crippen LogP) is 2.39. The monoisotopic (exact) mass is 533 g/mol. The maximum atomic E-state index is 13.7. The molecule has 2 aliphatic rings. The fraction of sp³-hybridized carbons (Fsp3) is 0.400. The van der Waals surface area contributed by atoms with Crippen molar-refractivity contribution in [3.63, 3.8) is 0 Å². The summed E-state index contributed by atoms with van der Waals surface area (Å²) in [5, 5.41) is 50.8. The quantitative estimate of drug-likeness (QED) is 0.190. The summed E-state index contributed by atoms with van der Waals surface area (Å²) in [7, 11) is -1.74. The van der Waals surface area contributed by atoms with Crippen molar-refractivity contribution >= 4 is 36.2 Å². The third-order valence-electron chi connectivity index (χ3n) is 7.89. The first-order valence-electron chi connectivity index (χ1n) is 13.3. The van der Waals surface area contributed by atoms with E-state index < -0.39 is 36.9 Å². The number of aliphatic hydroxyl groups is 2. The van der Waals surface area contributed by atoms with Crippen LogP contribution in [0, 0.1) is 23.7 Å². The molecule has 8 nitrogen and oxygen atoms in total. The van der Waals surface area contributed by atoms with E-state index in [9.17, 15) is 35.0 Å². The Kier molecular flexibility index (Phi) is 8.76. The molecule has 9 heteroatoms. The van der Waals surface area contributed by atoms with Gasteiger partial charge in [-0.3, -0.25) is 14.5 Å². The first-order valence-corrected chi connectivity index (χ1v) is 13.3. The zero-order chi connectivity index (χ0) is 28.4. The molecule has 0 radical (unpaired) electrons. The second-order valence-corrected chi connectivity index (χ2v) is 10.9. The molecule has 5 N–H and O–H groups in total. The summed E-state index contributed by atoms with van der Waals surface area (Å²) in [5.74, 6) is -2.86. The Labute approximate surface area is 229 Å². The average molecular weight is 533 g/mol. The van der Waals surface area contributed by atoms with E-state index in [0.717, 1.165) is 21.6 Å². The number of imide groups is 1. The molecule has 1 aliphatic carbocycles. The fourth-order valence-electron chi connectivity index (χ4n) is 6.01. The molecule has 1 saturated heterocycles. The van der Waals surface area contributed by atoms with Crippen LogP contribution in [0.25, 0.3) is 6.08 Å². The molecule has 1 aliphatic heterocycles. The molecule has 0 bridgehead atoms. The first-order chi connectivity index (χ1) is 18.5. The van der Waals surface area contributed by atoms with E-state index >= 15 is 0 Å². The van der Waals surface area contributed by atoms with E-state index in [4.69, 9.17) is 0 Å². The van der Waals surface area contributed by atoms with Crippen molar-refractivity contribution in [1.82, 2.24) is 0 Å². The van der Waals surface area contributed by atoms with E-state index in [-0.39, 0.29) is 35.3 Å².